The molecule has 0 bridgehead atoms. The number of carbonyl (C=O) groups is 1. The molecule has 5 N–H and O–H groups in total. The first kappa shape index (κ1) is 12.3. The Hall–Kier alpha value is -1.75. The molecule has 0 aliphatic heterocycles. The molecule has 0 spiro atoms. The minimum absolute atomic E-state index is 0.131. The van der Waals surface area contributed by atoms with Gasteiger partial charge in [0.15, 0.2) is 11.5 Å². The second-order valence-corrected chi connectivity index (χ2v) is 3.61. The molecule has 0 saturated heterocycles. The van der Waals surface area contributed by atoms with Gasteiger partial charge < -0.3 is 21.1 Å². The molecule has 5 heteroatoms. The number of rotatable bonds is 4. The summed E-state index contributed by atoms with van der Waals surface area (Å²) < 4.78 is 0. The van der Waals surface area contributed by atoms with Gasteiger partial charge in [-0.3, -0.25) is 4.79 Å². The van der Waals surface area contributed by atoms with Crippen molar-refractivity contribution in [3.8, 4) is 11.5 Å². The molecule has 0 aliphatic rings. The fourth-order valence-electron chi connectivity index (χ4n) is 1.51. The van der Waals surface area contributed by atoms with Crippen LogP contribution in [0.1, 0.15) is 18.1 Å². The van der Waals surface area contributed by atoms with Gasteiger partial charge in [0.2, 0.25) is 0 Å². The monoisotopic (exact) mass is 225 g/mol. The highest BCUT2D eigenvalue weighted by Gasteiger charge is 2.15. The smallest absolute Gasteiger partial charge is 0.320 e. The Balaban J connectivity index is 3.03. The van der Waals surface area contributed by atoms with E-state index in [2.05, 4.69) is 0 Å². The number of carboxylic acid groups (broad SMARTS) is 1. The van der Waals surface area contributed by atoms with Crippen LogP contribution in [0.4, 0.5) is 0 Å². The van der Waals surface area contributed by atoms with Gasteiger partial charge in [-0.05, 0) is 36.1 Å². The molecule has 0 amide bonds. The van der Waals surface area contributed by atoms with Crippen molar-refractivity contribution in [3.63, 3.8) is 0 Å². The van der Waals surface area contributed by atoms with E-state index in [-0.39, 0.29) is 17.9 Å². The lowest BCUT2D eigenvalue weighted by atomic mass is 9.98. The van der Waals surface area contributed by atoms with Crippen LogP contribution < -0.4 is 5.73 Å². The van der Waals surface area contributed by atoms with Crippen LogP contribution in [0.2, 0.25) is 0 Å². The van der Waals surface area contributed by atoms with E-state index in [9.17, 15) is 15.0 Å². The Morgan fingerprint density at radius 2 is 1.81 bits per heavy atom. The van der Waals surface area contributed by atoms with Gasteiger partial charge in [-0.25, -0.2) is 0 Å². The second kappa shape index (κ2) is 4.85. The maximum absolute atomic E-state index is 10.6. The quantitative estimate of drug-likeness (QED) is 0.562. The molecule has 0 fully saturated rings. The number of carboxylic acids is 1. The van der Waals surface area contributed by atoms with Crippen molar-refractivity contribution in [2.24, 2.45) is 5.73 Å². The van der Waals surface area contributed by atoms with Crippen LogP contribution in [0.25, 0.3) is 0 Å². The van der Waals surface area contributed by atoms with Crippen molar-refractivity contribution < 1.29 is 20.1 Å². The summed E-state index contributed by atoms with van der Waals surface area (Å²) in [6.07, 6.45) is 0.766. The van der Waals surface area contributed by atoms with E-state index in [1.807, 2.05) is 6.92 Å². The summed E-state index contributed by atoms with van der Waals surface area (Å²) in [7, 11) is 0. The molecule has 0 aromatic heterocycles. The summed E-state index contributed by atoms with van der Waals surface area (Å²) in [4.78, 5) is 10.6. The van der Waals surface area contributed by atoms with E-state index >= 15 is 0 Å². The van der Waals surface area contributed by atoms with Gasteiger partial charge in [-0.1, -0.05) is 6.92 Å². The minimum atomic E-state index is -1.09. The minimum Gasteiger partial charge on any atom is -0.504 e. The molecule has 16 heavy (non-hydrogen) atoms. The largest absolute Gasteiger partial charge is 0.504 e. The number of aryl methyl sites for hydroxylation is 1. The van der Waals surface area contributed by atoms with Crippen LogP contribution in [0.15, 0.2) is 12.1 Å². The van der Waals surface area contributed by atoms with E-state index < -0.39 is 12.0 Å². The second-order valence-electron chi connectivity index (χ2n) is 3.61. The number of hydrogen-bond acceptors (Lipinski definition) is 4. The van der Waals surface area contributed by atoms with E-state index in [1.54, 1.807) is 0 Å². The van der Waals surface area contributed by atoms with Gasteiger partial charge in [-0.15, -0.1) is 0 Å². The summed E-state index contributed by atoms with van der Waals surface area (Å²) in [6.45, 7) is 1.88. The lowest BCUT2D eigenvalue weighted by Gasteiger charge is -2.12. The number of benzene rings is 1. The number of nitrogens with two attached hydrogens (primary N) is 1. The summed E-state index contributed by atoms with van der Waals surface area (Å²) in [5.74, 6) is -1.55. The van der Waals surface area contributed by atoms with Gasteiger partial charge in [0.05, 0.1) is 0 Å². The third-order valence-electron chi connectivity index (χ3n) is 2.43. The van der Waals surface area contributed by atoms with Crippen molar-refractivity contribution in [1.82, 2.24) is 0 Å². The molecule has 0 unspecified atom stereocenters. The number of aliphatic carboxylic acids is 1. The first-order chi connectivity index (χ1) is 7.45. The molecule has 88 valence electrons. The van der Waals surface area contributed by atoms with Crippen molar-refractivity contribution in [3.05, 3.63) is 23.3 Å². The lowest BCUT2D eigenvalue weighted by Crippen LogP contribution is -2.32. The van der Waals surface area contributed by atoms with Gasteiger partial charge in [0.1, 0.15) is 6.04 Å². The molecule has 1 atom stereocenters. The highest BCUT2D eigenvalue weighted by Crippen LogP contribution is 2.29. The lowest BCUT2D eigenvalue weighted by molar-refractivity contribution is -0.138. The van der Waals surface area contributed by atoms with Crippen LogP contribution in [-0.4, -0.2) is 27.3 Å². The molecule has 0 saturated carbocycles. The number of hydrogen-bond donors (Lipinski definition) is 4. The zero-order valence-corrected chi connectivity index (χ0v) is 8.97. The highest BCUT2D eigenvalue weighted by molar-refractivity contribution is 5.73. The van der Waals surface area contributed by atoms with Gasteiger partial charge in [-0.2, -0.15) is 0 Å². The van der Waals surface area contributed by atoms with Crippen molar-refractivity contribution in [1.29, 1.82) is 0 Å². The standard InChI is InChI=1S/C11H15NO4/c1-2-6-4-9(13)10(14)5-7(6)3-8(12)11(15)16/h4-5,8,13-14H,2-3,12H2,1H3,(H,15,16)/t8-/m0/s1. The molecular formula is C11H15NO4. The number of aromatic hydroxyl groups is 2. The van der Waals surface area contributed by atoms with Gasteiger partial charge in [0.25, 0.3) is 0 Å². The average molecular weight is 225 g/mol. The van der Waals surface area contributed by atoms with Crippen molar-refractivity contribution in [2.45, 2.75) is 25.8 Å². The maximum atomic E-state index is 10.6. The topological polar surface area (TPSA) is 104 Å². The third-order valence-corrected chi connectivity index (χ3v) is 2.43. The average Bonchev–Trinajstić information content (AvgIpc) is 2.22. The molecule has 0 heterocycles. The zero-order chi connectivity index (χ0) is 12.3. The first-order valence-corrected chi connectivity index (χ1v) is 4.97. The fourth-order valence-corrected chi connectivity index (χ4v) is 1.51. The summed E-state index contributed by atoms with van der Waals surface area (Å²) in [5, 5.41) is 27.3. The third kappa shape index (κ3) is 2.64. The van der Waals surface area contributed by atoms with Crippen LogP contribution in [-0.2, 0) is 17.6 Å². The van der Waals surface area contributed by atoms with Crippen LogP contribution in [0.3, 0.4) is 0 Å². The maximum Gasteiger partial charge on any atom is 0.320 e. The predicted molar refractivity (Wildman–Crippen MR) is 58.5 cm³/mol. The van der Waals surface area contributed by atoms with E-state index in [4.69, 9.17) is 10.8 Å². The summed E-state index contributed by atoms with van der Waals surface area (Å²) in [6, 6.07) is 1.78. The Bertz CT molecular complexity index is 403. The zero-order valence-electron chi connectivity index (χ0n) is 8.97. The Labute approximate surface area is 93.1 Å². The Kier molecular flexibility index (Phi) is 3.73. The van der Waals surface area contributed by atoms with E-state index in [1.165, 1.54) is 12.1 Å². The highest BCUT2D eigenvalue weighted by atomic mass is 16.4. The van der Waals surface area contributed by atoms with Crippen molar-refractivity contribution in [2.75, 3.05) is 0 Å². The molecule has 1 aromatic rings. The molecule has 0 aliphatic carbocycles. The molecule has 1 rings (SSSR count). The van der Waals surface area contributed by atoms with Crippen LogP contribution >= 0.6 is 0 Å². The molecule has 5 nitrogen and oxygen atoms in total. The van der Waals surface area contributed by atoms with E-state index in [0.29, 0.717) is 12.0 Å². The molecule has 0 radical (unpaired) electrons. The number of phenolic OH excluding ortho intramolecular Hbond substituents is 2. The molecule has 1 aromatic carbocycles. The summed E-state index contributed by atoms with van der Waals surface area (Å²) in [5.41, 5.74) is 6.85. The van der Waals surface area contributed by atoms with Gasteiger partial charge >= 0.3 is 5.97 Å². The van der Waals surface area contributed by atoms with Crippen LogP contribution in [0, 0.1) is 0 Å². The summed E-state index contributed by atoms with van der Waals surface area (Å²) >= 11 is 0. The molecular weight excluding hydrogens is 210 g/mol. The van der Waals surface area contributed by atoms with E-state index in [0.717, 1.165) is 5.56 Å². The normalized spacial score (nSPS) is 12.4. The van der Waals surface area contributed by atoms with Gasteiger partial charge in [0, 0.05) is 0 Å². The van der Waals surface area contributed by atoms with Crippen LogP contribution in [0.5, 0.6) is 11.5 Å². The SMILES string of the molecule is CCc1cc(O)c(O)cc1C[C@H](N)C(=O)O. The number of phenols is 2. The predicted octanol–water partition coefficient (Wildman–Crippen LogP) is 0.615. The first-order valence-electron chi connectivity index (χ1n) is 4.97. The fraction of sp³-hybridized carbons (Fsp3) is 0.364. The Morgan fingerprint density at radius 3 is 2.25 bits per heavy atom. The Morgan fingerprint density at radius 1 is 1.31 bits per heavy atom. The van der Waals surface area contributed by atoms with Crippen molar-refractivity contribution >= 4 is 5.97 Å².